The normalized spacial score (nSPS) is 21.9. The number of aromatic nitrogens is 3. The van der Waals surface area contributed by atoms with Crippen molar-refractivity contribution in [1.82, 2.24) is 19.9 Å². The van der Waals surface area contributed by atoms with Crippen LogP contribution >= 0.6 is 0 Å². The molecule has 2 aromatic heterocycles. The van der Waals surface area contributed by atoms with Crippen molar-refractivity contribution in [3.63, 3.8) is 0 Å². The maximum absolute atomic E-state index is 12.6. The van der Waals surface area contributed by atoms with Gasteiger partial charge in [0.1, 0.15) is 5.82 Å². The summed E-state index contributed by atoms with van der Waals surface area (Å²) in [7, 11) is 0. The lowest BCUT2D eigenvalue weighted by atomic mass is 9.97. The van der Waals surface area contributed by atoms with Gasteiger partial charge >= 0.3 is 0 Å². The first kappa shape index (κ1) is 15.2. The summed E-state index contributed by atoms with van der Waals surface area (Å²) in [6.07, 6.45) is 5.09. The highest BCUT2D eigenvalue weighted by Gasteiger charge is 2.42. The van der Waals surface area contributed by atoms with Crippen LogP contribution in [0.2, 0.25) is 0 Å². The van der Waals surface area contributed by atoms with Crippen LogP contribution in [0, 0.1) is 5.92 Å². The standard InChI is InChI=1S/C19H22N4O/c1-12(2)19-21-9-15-16-11-23(10-13(16)7-17(15)22-19)18(24)8-14-5-3-4-6-20-14/h3-6,9,12-13,16H,7-8,10-11H2,1-2H3/t13-,16-/m0/s1. The molecule has 0 N–H and O–H groups in total. The zero-order valence-electron chi connectivity index (χ0n) is 14.1. The first-order valence-electron chi connectivity index (χ1n) is 8.65. The van der Waals surface area contributed by atoms with E-state index in [0.717, 1.165) is 31.0 Å². The van der Waals surface area contributed by atoms with Gasteiger partial charge in [0.05, 0.1) is 6.42 Å². The molecule has 24 heavy (non-hydrogen) atoms. The molecule has 0 saturated carbocycles. The van der Waals surface area contributed by atoms with Gasteiger partial charge in [0, 0.05) is 48.7 Å². The lowest BCUT2D eigenvalue weighted by Crippen LogP contribution is -2.31. The Balaban J connectivity index is 1.47. The van der Waals surface area contributed by atoms with Crippen molar-refractivity contribution in [3.05, 3.63) is 53.4 Å². The van der Waals surface area contributed by atoms with Gasteiger partial charge in [-0.3, -0.25) is 9.78 Å². The molecule has 5 nitrogen and oxygen atoms in total. The van der Waals surface area contributed by atoms with E-state index in [1.54, 1.807) is 6.20 Å². The van der Waals surface area contributed by atoms with Crippen LogP contribution < -0.4 is 0 Å². The molecule has 1 aliphatic carbocycles. The first-order valence-corrected chi connectivity index (χ1v) is 8.65. The summed E-state index contributed by atoms with van der Waals surface area (Å²) in [6, 6.07) is 5.70. The number of amides is 1. The van der Waals surface area contributed by atoms with E-state index >= 15 is 0 Å². The van der Waals surface area contributed by atoms with Gasteiger partial charge in [-0.2, -0.15) is 0 Å². The number of hydrogen-bond acceptors (Lipinski definition) is 4. The Bertz CT molecular complexity index is 759. The SMILES string of the molecule is CC(C)c1ncc2c(n1)C[C@H]1CN(C(=O)Cc3ccccn3)C[C@H]21. The van der Waals surface area contributed by atoms with Crippen molar-refractivity contribution in [2.75, 3.05) is 13.1 Å². The van der Waals surface area contributed by atoms with Crippen molar-refractivity contribution in [2.45, 2.75) is 38.5 Å². The Morgan fingerprint density at radius 3 is 2.92 bits per heavy atom. The Hall–Kier alpha value is -2.30. The second-order valence-electron chi connectivity index (χ2n) is 7.15. The molecule has 0 bridgehead atoms. The highest BCUT2D eigenvalue weighted by atomic mass is 16.2. The number of rotatable bonds is 3. The number of fused-ring (bicyclic) bond motifs is 3. The van der Waals surface area contributed by atoms with Gasteiger partial charge in [-0.05, 0) is 30.0 Å². The van der Waals surface area contributed by atoms with Crippen molar-refractivity contribution in [3.8, 4) is 0 Å². The molecule has 124 valence electrons. The van der Waals surface area contributed by atoms with Crippen LogP contribution in [0.15, 0.2) is 30.6 Å². The smallest absolute Gasteiger partial charge is 0.228 e. The maximum Gasteiger partial charge on any atom is 0.228 e. The van der Waals surface area contributed by atoms with E-state index in [0.29, 0.717) is 24.2 Å². The minimum atomic E-state index is 0.171. The topological polar surface area (TPSA) is 59.0 Å². The largest absolute Gasteiger partial charge is 0.341 e. The molecule has 0 unspecified atom stereocenters. The first-order chi connectivity index (χ1) is 11.6. The summed E-state index contributed by atoms with van der Waals surface area (Å²) in [5.74, 6) is 2.34. The van der Waals surface area contributed by atoms with E-state index in [1.807, 2.05) is 29.3 Å². The highest BCUT2D eigenvalue weighted by molar-refractivity contribution is 5.79. The third-order valence-corrected chi connectivity index (χ3v) is 5.14. The summed E-state index contributed by atoms with van der Waals surface area (Å²) >= 11 is 0. The molecule has 0 radical (unpaired) electrons. The Labute approximate surface area is 142 Å². The lowest BCUT2D eigenvalue weighted by molar-refractivity contribution is -0.129. The molecule has 1 aliphatic heterocycles. The summed E-state index contributed by atoms with van der Waals surface area (Å²) in [5, 5.41) is 0. The number of hydrogen-bond donors (Lipinski definition) is 0. The third-order valence-electron chi connectivity index (χ3n) is 5.14. The Kier molecular flexibility index (Phi) is 3.79. The zero-order valence-corrected chi connectivity index (χ0v) is 14.1. The second-order valence-corrected chi connectivity index (χ2v) is 7.15. The molecule has 5 heteroatoms. The van der Waals surface area contributed by atoms with Crippen molar-refractivity contribution in [1.29, 1.82) is 0 Å². The molecular formula is C19H22N4O. The fourth-order valence-electron chi connectivity index (χ4n) is 3.85. The third kappa shape index (κ3) is 2.68. The summed E-state index contributed by atoms with van der Waals surface area (Å²) in [4.78, 5) is 28.1. The van der Waals surface area contributed by atoms with E-state index in [9.17, 15) is 4.79 Å². The van der Waals surface area contributed by atoms with Crippen LogP contribution in [0.1, 0.15) is 48.5 Å². The molecule has 1 saturated heterocycles. The van der Waals surface area contributed by atoms with Crippen LogP contribution in [0.5, 0.6) is 0 Å². The average molecular weight is 322 g/mol. The molecule has 3 heterocycles. The lowest BCUT2D eigenvalue weighted by Gasteiger charge is -2.17. The quantitative estimate of drug-likeness (QED) is 0.870. The average Bonchev–Trinajstić information content (AvgIpc) is 3.12. The van der Waals surface area contributed by atoms with Crippen LogP contribution in [0.3, 0.4) is 0 Å². The van der Waals surface area contributed by atoms with E-state index in [4.69, 9.17) is 4.98 Å². The molecule has 2 atom stereocenters. The van der Waals surface area contributed by atoms with E-state index in [2.05, 4.69) is 23.8 Å². The molecule has 4 rings (SSSR count). The fraction of sp³-hybridized carbons (Fsp3) is 0.474. The summed E-state index contributed by atoms with van der Waals surface area (Å²) in [5.41, 5.74) is 3.28. The number of carbonyl (C=O) groups excluding carboxylic acids is 1. The molecular weight excluding hydrogens is 300 g/mol. The molecule has 1 fully saturated rings. The Morgan fingerprint density at radius 1 is 1.29 bits per heavy atom. The van der Waals surface area contributed by atoms with Gasteiger partial charge in [0.2, 0.25) is 5.91 Å². The summed E-state index contributed by atoms with van der Waals surface area (Å²) in [6.45, 7) is 5.85. The number of likely N-dealkylation sites (tertiary alicyclic amines) is 1. The van der Waals surface area contributed by atoms with Crippen LogP contribution in [-0.4, -0.2) is 38.8 Å². The van der Waals surface area contributed by atoms with Crippen molar-refractivity contribution < 1.29 is 4.79 Å². The highest BCUT2D eigenvalue weighted by Crippen LogP contribution is 2.42. The minimum Gasteiger partial charge on any atom is -0.341 e. The second kappa shape index (κ2) is 5.96. The molecule has 2 aliphatic rings. The van der Waals surface area contributed by atoms with E-state index < -0.39 is 0 Å². The molecule has 0 aromatic carbocycles. The van der Waals surface area contributed by atoms with Gasteiger partial charge < -0.3 is 4.90 Å². The zero-order chi connectivity index (χ0) is 16.7. The molecule has 0 spiro atoms. The maximum atomic E-state index is 12.6. The van der Waals surface area contributed by atoms with Gasteiger partial charge in [-0.15, -0.1) is 0 Å². The van der Waals surface area contributed by atoms with Gasteiger partial charge in [-0.1, -0.05) is 19.9 Å². The van der Waals surface area contributed by atoms with Crippen molar-refractivity contribution >= 4 is 5.91 Å². The molecule has 2 aromatic rings. The number of carbonyl (C=O) groups is 1. The van der Waals surface area contributed by atoms with Gasteiger partial charge in [0.15, 0.2) is 0 Å². The van der Waals surface area contributed by atoms with E-state index in [1.165, 1.54) is 11.3 Å². The van der Waals surface area contributed by atoms with Gasteiger partial charge in [0.25, 0.3) is 0 Å². The summed E-state index contributed by atoms with van der Waals surface area (Å²) < 4.78 is 0. The number of nitrogens with zero attached hydrogens (tertiary/aromatic N) is 4. The van der Waals surface area contributed by atoms with Crippen LogP contribution in [0.25, 0.3) is 0 Å². The van der Waals surface area contributed by atoms with Crippen LogP contribution in [0.4, 0.5) is 0 Å². The van der Waals surface area contributed by atoms with Crippen molar-refractivity contribution in [2.24, 2.45) is 5.92 Å². The predicted octanol–water partition coefficient (Wildman–Crippen LogP) is 2.34. The fourth-order valence-corrected chi connectivity index (χ4v) is 3.85. The van der Waals surface area contributed by atoms with E-state index in [-0.39, 0.29) is 5.91 Å². The minimum absolute atomic E-state index is 0.171. The van der Waals surface area contributed by atoms with Crippen LogP contribution in [-0.2, 0) is 17.6 Å². The van der Waals surface area contributed by atoms with Gasteiger partial charge in [-0.25, -0.2) is 9.97 Å². The monoisotopic (exact) mass is 322 g/mol. The number of pyridine rings is 1. The Morgan fingerprint density at radius 2 is 2.17 bits per heavy atom. The molecule has 1 amide bonds. The predicted molar refractivity (Wildman–Crippen MR) is 90.6 cm³/mol.